The van der Waals surface area contributed by atoms with Gasteiger partial charge in [-0.3, -0.25) is 4.90 Å². The van der Waals surface area contributed by atoms with Gasteiger partial charge in [0.25, 0.3) is 0 Å². The van der Waals surface area contributed by atoms with Gasteiger partial charge in [0, 0.05) is 25.3 Å². The van der Waals surface area contributed by atoms with Crippen LogP contribution in [0.3, 0.4) is 0 Å². The molecular formula is C21H29N3O3S. The number of nitrogens with one attached hydrogen (secondary N) is 2. The van der Waals surface area contributed by atoms with Gasteiger partial charge in [0.15, 0.2) is 0 Å². The molecule has 1 fully saturated rings. The Morgan fingerprint density at radius 2 is 2.04 bits per heavy atom. The van der Waals surface area contributed by atoms with Crippen molar-refractivity contribution in [3.8, 4) is 5.75 Å². The normalized spacial score (nSPS) is 15.8. The van der Waals surface area contributed by atoms with Gasteiger partial charge in [0.2, 0.25) is 0 Å². The monoisotopic (exact) mass is 403 g/mol. The highest BCUT2D eigenvalue weighted by atomic mass is 32.1. The number of carbonyl (C=O) groups excluding carboxylic acids is 1. The summed E-state index contributed by atoms with van der Waals surface area (Å²) < 4.78 is 11.1. The lowest BCUT2D eigenvalue weighted by atomic mass is 10.1. The third kappa shape index (κ3) is 6.22. The lowest BCUT2D eigenvalue weighted by Gasteiger charge is -2.34. The molecule has 2 amide bonds. The number of carbonyl (C=O) groups is 1. The van der Waals surface area contributed by atoms with E-state index in [-0.39, 0.29) is 12.1 Å². The van der Waals surface area contributed by atoms with Crippen molar-refractivity contribution < 1.29 is 14.3 Å². The number of benzene rings is 1. The van der Waals surface area contributed by atoms with Gasteiger partial charge in [-0.2, -0.15) is 11.3 Å². The van der Waals surface area contributed by atoms with E-state index in [1.165, 1.54) is 5.56 Å². The van der Waals surface area contributed by atoms with Crippen LogP contribution in [-0.4, -0.2) is 50.4 Å². The molecule has 1 saturated heterocycles. The van der Waals surface area contributed by atoms with Gasteiger partial charge in [0.1, 0.15) is 5.75 Å². The van der Waals surface area contributed by atoms with Crippen LogP contribution in [0.1, 0.15) is 31.4 Å². The van der Waals surface area contributed by atoms with Crippen LogP contribution in [0.15, 0.2) is 41.1 Å². The second-order valence-corrected chi connectivity index (χ2v) is 7.56. The minimum Gasteiger partial charge on any atom is -0.494 e. The zero-order chi connectivity index (χ0) is 19.6. The van der Waals surface area contributed by atoms with Crippen LogP contribution in [0, 0.1) is 0 Å². The van der Waals surface area contributed by atoms with Crippen LogP contribution >= 0.6 is 11.3 Å². The molecule has 1 aliphatic heterocycles. The molecule has 1 atom stereocenters. The lowest BCUT2D eigenvalue weighted by Crippen LogP contribution is -2.44. The standard InChI is InChI=1S/C21H29N3O3S/c1-2-3-11-27-19-6-4-18(5-7-19)23-21(25)22-15-20(17-8-14-28-16-17)24-9-12-26-13-10-24/h4-8,14,16,20H,2-3,9-13,15H2,1H3,(H2,22,23,25). The molecule has 2 heterocycles. The molecule has 2 N–H and O–H groups in total. The molecule has 28 heavy (non-hydrogen) atoms. The Hall–Kier alpha value is -2.09. The van der Waals surface area contributed by atoms with Crippen LogP contribution in [0.4, 0.5) is 10.5 Å². The summed E-state index contributed by atoms with van der Waals surface area (Å²) in [6.07, 6.45) is 2.15. The Morgan fingerprint density at radius 1 is 1.25 bits per heavy atom. The fourth-order valence-electron chi connectivity index (χ4n) is 3.15. The van der Waals surface area contributed by atoms with E-state index in [1.807, 2.05) is 24.3 Å². The maximum absolute atomic E-state index is 12.4. The number of urea groups is 1. The van der Waals surface area contributed by atoms with Gasteiger partial charge < -0.3 is 20.1 Å². The van der Waals surface area contributed by atoms with E-state index in [4.69, 9.17) is 9.47 Å². The molecule has 1 aliphatic rings. The summed E-state index contributed by atoms with van der Waals surface area (Å²) >= 11 is 1.68. The van der Waals surface area contributed by atoms with Crippen LogP contribution in [0.2, 0.25) is 0 Å². The highest BCUT2D eigenvalue weighted by Gasteiger charge is 2.23. The van der Waals surface area contributed by atoms with Gasteiger partial charge in [-0.05, 0) is 53.1 Å². The average Bonchev–Trinajstić information content (AvgIpc) is 3.25. The molecule has 0 spiro atoms. The minimum atomic E-state index is -0.201. The quantitative estimate of drug-likeness (QED) is 0.618. The summed E-state index contributed by atoms with van der Waals surface area (Å²) in [7, 11) is 0. The summed E-state index contributed by atoms with van der Waals surface area (Å²) in [4.78, 5) is 14.7. The molecule has 7 heteroatoms. The molecule has 0 radical (unpaired) electrons. The van der Waals surface area contributed by atoms with Crippen molar-refractivity contribution in [3.63, 3.8) is 0 Å². The number of hydrogen-bond donors (Lipinski definition) is 2. The van der Waals surface area contributed by atoms with Gasteiger partial charge in [0.05, 0.1) is 25.9 Å². The molecule has 0 aliphatic carbocycles. The van der Waals surface area contributed by atoms with E-state index >= 15 is 0 Å². The molecule has 2 aromatic rings. The predicted octanol–water partition coefficient (Wildman–Crippen LogP) is 4.12. The lowest BCUT2D eigenvalue weighted by molar-refractivity contribution is 0.0168. The highest BCUT2D eigenvalue weighted by molar-refractivity contribution is 7.07. The van der Waals surface area contributed by atoms with E-state index < -0.39 is 0 Å². The van der Waals surface area contributed by atoms with Crippen molar-refractivity contribution in [3.05, 3.63) is 46.7 Å². The second-order valence-electron chi connectivity index (χ2n) is 6.78. The van der Waals surface area contributed by atoms with Crippen molar-refractivity contribution in [1.82, 2.24) is 10.2 Å². The topological polar surface area (TPSA) is 62.8 Å². The maximum Gasteiger partial charge on any atom is 0.319 e. The molecule has 0 bridgehead atoms. The smallest absolute Gasteiger partial charge is 0.319 e. The first kappa shape index (κ1) is 20.6. The fourth-order valence-corrected chi connectivity index (χ4v) is 3.85. The predicted molar refractivity (Wildman–Crippen MR) is 113 cm³/mol. The number of unbranched alkanes of at least 4 members (excludes halogenated alkanes) is 1. The van der Waals surface area contributed by atoms with Gasteiger partial charge in [-0.1, -0.05) is 13.3 Å². The third-order valence-corrected chi connectivity index (χ3v) is 5.45. The van der Waals surface area contributed by atoms with E-state index in [0.717, 1.165) is 57.2 Å². The molecule has 3 rings (SSSR count). The number of rotatable bonds is 9. The van der Waals surface area contributed by atoms with Crippen LogP contribution in [-0.2, 0) is 4.74 Å². The number of anilines is 1. The molecule has 1 aromatic heterocycles. The molecule has 1 aromatic carbocycles. The Kier molecular flexibility index (Phi) is 8.14. The molecule has 152 valence electrons. The zero-order valence-corrected chi connectivity index (χ0v) is 17.2. The summed E-state index contributed by atoms with van der Waals surface area (Å²) in [5.74, 6) is 0.823. The van der Waals surface area contributed by atoms with Crippen LogP contribution < -0.4 is 15.4 Å². The fraction of sp³-hybridized carbons (Fsp3) is 0.476. The Morgan fingerprint density at radius 3 is 2.71 bits per heavy atom. The SMILES string of the molecule is CCCCOc1ccc(NC(=O)NCC(c2ccsc2)N2CCOCC2)cc1. The minimum absolute atomic E-state index is 0.162. The van der Waals surface area contributed by atoms with Crippen molar-refractivity contribution in [2.75, 3.05) is 44.8 Å². The van der Waals surface area contributed by atoms with Gasteiger partial charge >= 0.3 is 6.03 Å². The summed E-state index contributed by atoms with van der Waals surface area (Å²) in [5, 5.41) is 10.1. The van der Waals surface area contributed by atoms with E-state index in [9.17, 15) is 4.79 Å². The highest BCUT2D eigenvalue weighted by Crippen LogP contribution is 2.23. The first-order chi connectivity index (χ1) is 13.8. The Bertz CT molecular complexity index is 700. The number of hydrogen-bond acceptors (Lipinski definition) is 5. The van der Waals surface area contributed by atoms with E-state index in [0.29, 0.717) is 6.54 Å². The van der Waals surface area contributed by atoms with Crippen molar-refractivity contribution in [2.45, 2.75) is 25.8 Å². The van der Waals surface area contributed by atoms with E-state index in [2.05, 4.69) is 39.3 Å². The van der Waals surface area contributed by atoms with E-state index in [1.54, 1.807) is 11.3 Å². The van der Waals surface area contributed by atoms with Crippen LogP contribution in [0.5, 0.6) is 5.75 Å². The molecule has 1 unspecified atom stereocenters. The number of thiophene rings is 1. The van der Waals surface area contributed by atoms with Gasteiger partial charge in [-0.15, -0.1) is 0 Å². The first-order valence-electron chi connectivity index (χ1n) is 9.88. The number of nitrogens with zero attached hydrogens (tertiary/aromatic N) is 1. The van der Waals surface area contributed by atoms with Crippen molar-refractivity contribution in [2.24, 2.45) is 0 Å². The summed E-state index contributed by atoms with van der Waals surface area (Å²) in [5.41, 5.74) is 1.99. The van der Waals surface area contributed by atoms with Gasteiger partial charge in [-0.25, -0.2) is 4.79 Å². The molecule has 0 saturated carbocycles. The largest absolute Gasteiger partial charge is 0.494 e. The summed E-state index contributed by atoms with van der Waals surface area (Å²) in [6, 6.07) is 9.57. The Labute approximate surface area is 170 Å². The third-order valence-electron chi connectivity index (χ3n) is 4.75. The second kappa shape index (κ2) is 11.0. The summed E-state index contributed by atoms with van der Waals surface area (Å²) in [6.45, 7) is 6.64. The Balaban J connectivity index is 1.50. The molecule has 6 nitrogen and oxygen atoms in total. The number of morpholine rings is 1. The van der Waals surface area contributed by atoms with Crippen molar-refractivity contribution >= 4 is 23.1 Å². The van der Waals surface area contributed by atoms with Crippen LogP contribution in [0.25, 0.3) is 0 Å². The van der Waals surface area contributed by atoms with Crippen molar-refractivity contribution in [1.29, 1.82) is 0 Å². The number of ether oxygens (including phenoxy) is 2. The zero-order valence-electron chi connectivity index (χ0n) is 16.4. The first-order valence-corrected chi connectivity index (χ1v) is 10.8. The maximum atomic E-state index is 12.4. The molecular weight excluding hydrogens is 374 g/mol. The average molecular weight is 404 g/mol. The number of amides is 2.